The van der Waals surface area contributed by atoms with Gasteiger partial charge >= 0.3 is 0 Å². The highest BCUT2D eigenvalue weighted by Gasteiger charge is 2.34. The lowest BCUT2D eigenvalue weighted by Crippen LogP contribution is -2.47. The lowest BCUT2D eigenvalue weighted by atomic mass is 10.2. The average Bonchev–Trinajstić information content (AvgIpc) is 3.28. The van der Waals surface area contributed by atoms with Gasteiger partial charge in [-0.3, -0.25) is 4.90 Å². The molecule has 1 aliphatic rings. The largest absolute Gasteiger partial charge is 0.395 e. The highest BCUT2D eigenvalue weighted by atomic mass is 32.2. The summed E-state index contributed by atoms with van der Waals surface area (Å²) >= 11 is 0.891. The Kier molecular flexibility index (Phi) is 7.11. The third kappa shape index (κ3) is 4.89. The lowest BCUT2D eigenvalue weighted by molar-refractivity contribution is 0.189. The van der Waals surface area contributed by atoms with Gasteiger partial charge in [-0.25, -0.2) is 21.8 Å². The summed E-state index contributed by atoms with van der Waals surface area (Å²) in [6.45, 7) is 6.57. The topological polar surface area (TPSA) is 108 Å². The number of rotatable bonds is 7. The van der Waals surface area contributed by atoms with Gasteiger partial charge in [0.05, 0.1) is 16.4 Å². The van der Waals surface area contributed by atoms with Gasteiger partial charge in [-0.05, 0) is 38.1 Å². The maximum atomic E-state index is 13.6. The van der Waals surface area contributed by atoms with Gasteiger partial charge in [-0.2, -0.15) is 0 Å². The van der Waals surface area contributed by atoms with Crippen molar-refractivity contribution in [1.29, 1.82) is 0 Å². The van der Waals surface area contributed by atoms with E-state index in [0.717, 1.165) is 22.5 Å². The summed E-state index contributed by atoms with van der Waals surface area (Å²) in [5, 5.41) is 9.30. The van der Waals surface area contributed by atoms with Crippen LogP contribution >= 0.6 is 11.3 Å². The molecule has 0 spiro atoms. The number of nitrogens with zero attached hydrogens (tertiary/aromatic N) is 3. The Morgan fingerprint density at radius 1 is 0.824 bits per heavy atom. The van der Waals surface area contributed by atoms with Crippen molar-refractivity contribution in [3.63, 3.8) is 0 Å². The molecule has 2 heterocycles. The molecule has 8 nitrogen and oxygen atoms in total. The predicted octanol–water partition coefficient (Wildman–Crippen LogP) is 2.54. The van der Waals surface area contributed by atoms with Crippen molar-refractivity contribution in [3.05, 3.63) is 59.7 Å². The van der Waals surface area contributed by atoms with Gasteiger partial charge in [0.15, 0.2) is 5.03 Å². The van der Waals surface area contributed by atoms with Gasteiger partial charge < -0.3 is 10.0 Å². The van der Waals surface area contributed by atoms with Crippen LogP contribution in [0.2, 0.25) is 0 Å². The zero-order valence-corrected chi connectivity index (χ0v) is 21.5. The van der Waals surface area contributed by atoms with Crippen molar-refractivity contribution >= 4 is 36.0 Å². The van der Waals surface area contributed by atoms with Crippen LogP contribution in [0.15, 0.2) is 67.7 Å². The molecule has 0 bridgehead atoms. The van der Waals surface area contributed by atoms with Crippen molar-refractivity contribution in [2.45, 2.75) is 33.0 Å². The Balaban J connectivity index is 1.80. The molecule has 1 aliphatic heterocycles. The number of β-amino-alcohol motifs (C(OH)–C–C–N with tert-alkyl or cyclic N) is 1. The summed E-state index contributed by atoms with van der Waals surface area (Å²) in [7, 11) is -8.04. The number of hydrogen-bond donors (Lipinski definition) is 1. The van der Waals surface area contributed by atoms with E-state index in [0.29, 0.717) is 37.7 Å². The standard InChI is InChI=1S/C23H27N3O5S3/c1-17-3-7-19(8-4-17)33(28,29)21-22(26-13-11-25(12-14-26)15-16-27)32-23(24-21)34(30,31)20-9-5-18(2)6-10-20/h3-10,27H,11-16H2,1-2H3. The van der Waals surface area contributed by atoms with E-state index in [-0.39, 0.29) is 25.8 Å². The highest BCUT2D eigenvalue weighted by molar-refractivity contribution is 7.94. The molecular weight excluding hydrogens is 494 g/mol. The molecule has 11 heteroatoms. The van der Waals surface area contributed by atoms with E-state index >= 15 is 0 Å². The second-order valence-corrected chi connectivity index (χ2v) is 13.2. The van der Waals surface area contributed by atoms with Gasteiger partial charge in [0.2, 0.25) is 24.0 Å². The molecule has 0 radical (unpaired) electrons. The number of hydrogen-bond acceptors (Lipinski definition) is 9. The number of aryl methyl sites for hydroxylation is 2. The number of benzene rings is 2. The van der Waals surface area contributed by atoms with Crippen LogP contribution in [-0.2, 0) is 19.7 Å². The molecule has 4 rings (SSSR count). The Bertz CT molecular complexity index is 1360. The van der Waals surface area contributed by atoms with Gasteiger partial charge in [0.25, 0.3) is 0 Å². The minimum Gasteiger partial charge on any atom is -0.395 e. The van der Waals surface area contributed by atoms with Crippen molar-refractivity contribution in [3.8, 4) is 0 Å². The fraction of sp³-hybridized carbons (Fsp3) is 0.348. The summed E-state index contributed by atoms with van der Waals surface area (Å²) in [5.74, 6) is 0. The minimum absolute atomic E-state index is 0.0482. The van der Waals surface area contributed by atoms with E-state index in [4.69, 9.17) is 0 Å². The van der Waals surface area contributed by atoms with E-state index in [1.165, 1.54) is 24.3 Å². The minimum atomic E-state index is -4.05. The van der Waals surface area contributed by atoms with Gasteiger partial charge in [-0.1, -0.05) is 46.7 Å². The molecule has 0 aliphatic carbocycles. The molecule has 3 aromatic rings. The number of aromatic nitrogens is 1. The summed E-state index contributed by atoms with van der Waals surface area (Å²) in [4.78, 5) is 8.33. The second-order valence-electron chi connectivity index (χ2n) is 8.28. The number of piperazine rings is 1. The number of aliphatic hydroxyl groups is 1. The molecule has 1 N–H and O–H groups in total. The molecule has 1 saturated heterocycles. The molecule has 0 saturated carbocycles. The number of aliphatic hydroxyl groups excluding tert-OH is 1. The predicted molar refractivity (Wildman–Crippen MR) is 131 cm³/mol. The van der Waals surface area contributed by atoms with Crippen molar-refractivity contribution in [2.75, 3.05) is 44.2 Å². The summed E-state index contributed by atoms with van der Waals surface area (Å²) in [6.07, 6.45) is 0. The first-order valence-corrected chi connectivity index (χ1v) is 14.6. The smallest absolute Gasteiger partial charge is 0.233 e. The van der Waals surface area contributed by atoms with Crippen molar-refractivity contribution < 1.29 is 21.9 Å². The molecular formula is C23H27N3O5S3. The molecule has 2 aromatic carbocycles. The van der Waals surface area contributed by atoms with Gasteiger partial charge in [-0.15, -0.1) is 0 Å². The Morgan fingerprint density at radius 2 is 1.32 bits per heavy atom. The SMILES string of the molecule is Cc1ccc(S(=O)(=O)c2nc(S(=O)(=O)c3ccc(C)cc3)c(N3CCN(CCO)CC3)s2)cc1. The molecule has 34 heavy (non-hydrogen) atoms. The first-order chi connectivity index (χ1) is 16.1. The normalized spacial score (nSPS) is 15.6. The van der Waals surface area contributed by atoms with E-state index < -0.39 is 19.7 Å². The Morgan fingerprint density at radius 3 is 1.82 bits per heavy atom. The van der Waals surface area contributed by atoms with Gasteiger partial charge in [0, 0.05) is 32.7 Å². The van der Waals surface area contributed by atoms with Gasteiger partial charge in [0.1, 0.15) is 5.00 Å². The van der Waals surface area contributed by atoms with E-state index in [1.807, 2.05) is 18.7 Å². The summed E-state index contributed by atoms with van der Waals surface area (Å²) in [6, 6.07) is 12.9. The Labute approximate surface area is 204 Å². The molecule has 1 aromatic heterocycles. The average molecular weight is 522 g/mol. The molecule has 0 amide bonds. The lowest BCUT2D eigenvalue weighted by Gasteiger charge is -2.35. The third-order valence-corrected chi connectivity index (χ3v) is 10.9. The van der Waals surface area contributed by atoms with Crippen molar-refractivity contribution in [2.24, 2.45) is 0 Å². The second kappa shape index (κ2) is 9.74. The first-order valence-electron chi connectivity index (χ1n) is 10.9. The van der Waals surface area contributed by atoms with Crippen LogP contribution in [0, 0.1) is 13.8 Å². The maximum absolute atomic E-state index is 13.6. The number of thiazole rings is 1. The zero-order valence-electron chi connectivity index (χ0n) is 19.0. The van der Waals surface area contributed by atoms with Crippen molar-refractivity contribution in [1.82, 2.24) is 9.88 Å². The number of sulfone groups is 2. The quantitative estimate of drug-likeness (QED) is 0.505. The van der Waals surface area contributed by atoms with Crippen LogP contribution in [0.25, 0.3) is 0 Å². The highest BCUT2D eigenvalue weighted by Crippen LogP contribution is 2.39. The van der Waals surface area contributed by atoms with Crippen LogP contribution in [0.3, 0.4) is 0 Å². The number of anilines is 1. The third-order valence-electron chi connectivity index (χ3n) is 5.78. The molecule has 0 atom stereocenters. The van der Waals surface area contributed by atoms with Crippen LogP contribution in [-0.4, -0.2) is 71.2 Å². The van der Waals surface area contributed by atoms with E-state index in [1.54, 1.807) is 24.3 Å². The van der Waals surface area contributed by atoms with Crippen LogP contribution in [0.1, 0.15) is 11.1 Å². The maximum Gasteiger partial charge on any atom is 0.233 e. The monoisotopic (exact) mass is 521 g/mol. The summed E-state index contributed by atoms with van der Waals surface area (Å²) in [5.41, 5.74) is 1.84. The van der Waals surface area contributed by atoms with E-state index in [2.05, 4.69) is 9.88 Å². The zero-order chi connectivity index (χ0) is 24.5. The Hall–Kier alpha value is -2.31. The fourth-order valence-electron chi connectivity index (χ4n) is 3.73. The molecule has 182 valence electrons. The van der Waals surface area contributed by atoms with Crippen LogP contribution in [0.4, 0.5) is 5.00 Å². The fourth-order valence-corrected chi connectivity index (χ4v) is 8.21. The molecule has 0 unspecified atom stereocenters. The van der Waals surface area contributed by atoms with Crippen LogP contribution < -0.4 is 4.90 Å². The summed E-state index contributed by atoms with van der Waals surface area (Å²) < 4.78 is 53.6. The van der Waals surface area contributed by atoms with Crippen LogP contribution in [0.5, 0.6) is 0 Å². The first kappa shape index (κ1) is 24.8. The van der Waals surface area contributed by atoms with E-state index in [9.17, 15) is 21.9 Å². The molecule has 1 fully saturated rings.